The highest BCUT2D eigenvalue weighted by molar-refractivity contribution is 5.25. The summed E-state index contributed by atoms with van der Waals surface area (Å²) in [5.74, 6) is 0.541. The summed E-state index contributed by atoms with van der Waals surface area (Å²) in [7, 11) is 0. The second-order valence-electron chi connectivity index (χ2n) is 5.93. The van der Waals surface area contributed by atoms with Gasteiger partial charge in [-0.05, 0) is 31.2 Å². The van der Waals surface area contributed by atoms with Gasteiger partial charge in [0.05, 0.1) is 0 Å². The molecule has 0 radical (unpaired) electrons. The molecule has 0 aliphatic heterocycles. The van der Waals surface area contributed by atoms with Crippen LogP contribution in [-0.2, 0) is 4.74 Å². The Morgan fingerprint density at radius 1 is 1.20 bits per heavy atom. The van der Waals surface area contributed by atoms with Crippen LogP contribution >= 0.6 is 0 Å². The number of unbranched alkanes of at least 4 members (excludes halogenated alkanes) is 1. The molecule has 0 aromatic heterocycles. The average Bonchev–Trinajstić information content (AvgIpc) is 2.41. The van der Waals surface area contributed by atoms with Gasteiger partial charge in [-0.1, -0.05) is 57.0 Å². The average molecular weight is 277 g/mol. The van der Waals surface area contributed by atoms with E-state index in [2.05, 4.69) is 57.3 Å². The lowest BCUT2D eigenvalue weighted by Gasteiger charge is -2.20. The Morgan fingerprint density at radius 2 is 2.00 bits per heavy atom. The fourth-order valence-corrected chi connectivity index (χ4v) is 2.26. The van der Waals surface area contributed by atoms with Gasteiger partial charge < -0.3 is 10.1 Å². The quantitative estimate of drug-likeness (QED) is 0.644. The maximum Gasteiger partial charge on any atom is 0.0472 e. The van der Waals surface area contributed by atoms with E-state index in [-0.39, 0.29) is 0 Å². The van der Waals surface area contributed by atoms with Crippen LogP contribution < -0.4 is 5.32 Å². The second-order valence-corrected chi connectivity index (χ2v) is 5.93. The van der Waals surface area contributed by atoms with Crippen LogP contribution in [0.5, 0.6) is 0 Å². The van der Waals surface area contributed by atoms with Crippen molar-refractivity contribution in [3.8, 4) is 0 Å². The van der Waals surface area contributed by atoms with Crippen molar-refractivity contribution in [3.63, 3.8) is 0 Å². The van der Waals surface area contributed by atoms with Crippen molar-refractivity contribution in [3.05, 3.63) is 35.4 Å². The monoisotopic (exact) mass is 277 g/mol. The van der Waals surface area contributed by atoms with Gasteiger partial charge in [0, 0.05) is 25.8 Å². The summed E-state index contributed by atoms with van der Waals surface area (Å²) in [6.07, 6.45) is 3.46. The fraction of sp³-hybridized carbons (Fsp3) is 0.667. The number of hydrogen-bond acceptors (Lipinski definition) is 2. The van der Waals surface area contributed by atoms with Crippen molar-refractivity contribution in [1.29, 1.82) is 0 Å². The first-order valence-electron chi connectivity index (χ1n) is 8.01. The normalized spacial score (nSPS) is 12.8. The Bertz CT molecular complexity index is 362. The molecule has 1 rings (SSSR count). The van der Waals surface area contributed by atoms with E-state index in [0.29, 0.717) is 12.0 Å². The van der Waals surface area contributed by atoms with E-state index in [1.54, 1.807) is 0 Å². The Balaban J connectivity index is 2.51. The minimum absolute atomic E-state index is 0.531. The van der Waals surface area contributed by atoms with Crippen molar-refractivity contribution in [2.75, 3.05) is 19.8 Å². The highest BCUT2D eigenvalue weighted by Gasteiger charge is 2.12. The summed E-state index contributed by atoms with van der Waals surface area (Å²) in [6.45, 7) is 11.5. The predicted molar refractivity (Wildman–Crippen MR) is 87.4 cm³/mol. The molecule has 1 atom stereocenters. The standard InChI is InChI=1S/C18H31NO/c1-5-6-11-20-12-10-18(14-19-15(2)3)17-9-7-8-16(4)13-17/h7-9,13,15,18-19H,5-6,10-12,14H2,1-4H3. The molecule has 1 N–H and O–H groups in total. The molecule has 1 aromatic carbocycles. The van der Waals surface area contributed by atoms with E-state index in [4.69, 9.17) is 4.74 Å². The molecule has 0 fully saturated rings. The molecule has 0 amide bonds. The van der Waals surface area contributed by atoms with Crippen molar-refractivity contribution in [1.82, 2.24) is 5.32 Å². The molecule has 20 heavy (non-hydrogen) atoms. The molecule has 114 valence electrons. The van der Waals surface area contributed by atoms with Gasteiger partial charge in [-0.25, -0.2) is 0 Å². The predicted octanol–water partition coefficient (Wildman–Crippen LogP) is 4.28. The smallest absolute Gasteiger partial charge is 0.0472 e. The third kappa shape index (κ3) is 7.06. The fourth-order valence-electron chi connectivity index (χ4n) is 2.26. The molecule has 0 saturated heterocycles. The number of nitrogens with one attached hydrogen (secondary N) is 1. The minimum atomic E-state index is 0.531. The van der Waals surface area contributed by atoms with Gasteiger partial charge in [-0.2, -0.15) is 0 Å². The largest absolute Gasteiger partial charge is 0.381 e. The summed E-state index contributed by atoms with van der Waals surface area (Å²) in [5, 5.41) is 3.56. The highest BCUT2D eigenvalue weighted by atomic mass is 16.5. The highest BCUT2D eigenvalue weighted by Crippen LogP contribution is 2.20. The van der Waals surface area contributed by atoms with Gasteiger partial charge in [-0.15, -0.1) is 0 Å². The molecular weight excluding hydrogens is 246 g/mol. The molecular formula is C18H31NO. The van der Waals surface area contributed by atoms with Crippen LogP contribution in [0.2, 0.25) is 0 Å². The molecule has 2 heteroatoms. The van der Waals surface area contributed by atoms with Gasteiger partial charge in [0.2, 0.25) is 0 Å². The number of rotatable bonds is 10. The van der Waals surface area contributed by atoms with Gasteiger partial charge >= 0.3 is 0 Å². The first-order valence-corrected chi connectivity index (χ1v) is 8.01. The molecule has 0 heterocycles. The third-order valence-corrected chi connectivity index (χ3v) is 3.54. The van der Waals surface area contributed by atoms with Gasteiger partial charge in [0.15, 0.2) is 0 Å². The van der Waals surface area contributed by atoms with E-state index in [0.717, 1.165) is 26.2 Å². The molecule has 0 aliphatic rings. The van der Waals surface area contributed by atoms with Crippen molar-refractivity contribution < 1.29 is 4.74 Å². The summed E-state index contributed by atoms with van der Waals surface area (Å²) >= 11 is 0. The Kier molecular flexibility index (Phi) is 8.56. The Hall–Kier alpha value is -0.860. The zero-order valence-corrected chi connectivity index (χ0v) is 13.6. The van der Waals surface area contributed by atoms with Gasteiger partial charge in [0.1, 0.15) is 0 Å². The molecule has 0 saturated carbocycles. The first-order chi connectivity index (χ1) is 9.63. The van der Waals surface area contributed by atoms with Crippen LogP contribution in [-0.4, -0.2) is 25.8 Å². The summed E-state index contributed by atoms with van der Waals surface area (Å²) in [4.78, 5) is 0. The van der Waals surface area contributed by atoms with Crippen LogP contribution in [0.15, 0.2) is 24.3 Å². The SMILES string of the molecule is CCCCOCCC(CNC(C)C)c1cccc(C)c1. The molecule has 1 unspecified atom stereocenters. The van der Waals surface area contributed by atoms with E-state index in [9.17, 15) is 0 Å². The van der Waals surface area contributed by atoms with Crippen molar-refractivity contribution >= 4 is 0 Å². The summed E-state index contributed by atoms with van der Waals surface area (Å²) in [5.41, 5.74) is 2.76. The number of aryl methyl sites for hydroxylation is 1. The van der Waals surface area contributed by atoms with Crippen LogP contribution in [0.4, 0.5) is 0 Å². The first kappa shape index (κ1) is 17.2. The van der Waals surface area contributed by atoms with E-state index in [1.807, 2.05) is 0 Å². The van der Waals surface area contributed by atoms with Gasteiger partial charge in [-0.3, -0.25) is 0 Å². The Morgan fingerprint density at radius 3 is 2.65 bits per heavy atom. The lowest BCUT2D eigenvalue weighted by atomic mass is 9.94. The molecule has 2 nitrogen and oxygen atoms in total. The second kappa shape index (κ2) is 9.95. The van der Waals surface area contributed by atoms with Crippen LogP contribution in [0.25, 0.3) is 0 Å². The van der Waals surface area contributed by atoms with E-state index in [1.165, 1.54) is 24.0 Å². The molecule has 0 bridgehead atoms. The van der Waals surface area contributed by atoms with E-state index >= 15 is 0 Å². The lowest BCUT2D eigenvalue weighted by Crippen LogP contribution is -2.28. The molecule has 1 aromatic rings. The zero-order chi connectivity index (χ0) is 14.8. The maximum atomic E-state index is 5.74. The van der Waals surface area contributed by atoms with Crippen LogP contribution in [0, 0.1) is 6.92 Å². The van der Waals surface area contributed by atoms with Crippen LogP contribution in [0.3, 0.4) is 0 Å². The topological polar surface area (TPSA) is 21.3 Å². The number of ether oxygens (including phenoxy) is 1. The van der Waals surface area contributed by atoms with Crippen molar-refractivity contribution in [2.45, 2.75) is 58.9 Å². The van der Waals surface area contributed by atoms with Gasteiger partial charge in [0.25, 0.3) is 0 Å². The zero-order valence-electron chi connectivity index (χ0n) is 13.6. The van der Waals surface area contributed by atoms with Crippen molar-refractivity contribution in [2.24, 2.45) is 0 Å². The third-order valence-electron chi connectivity index (χ3n) is 3.54. The molecule has 0 spiro atoms. The maximum absolute atomic E-state index is 5.74. The number of benzene rings is 1. The number of hydrogen-bond donors (Lipinski definition) is 1. The van der Waals surface area contributed by atoms with Crippen LogP contribution in [0.1, 0.15) is 57.1 Å². The molecule has 0 aliphatic carbocycles. The lowest BCUT2D eigenvalue weighted by molar-refractivity contribution is 0.123. The summed E-state index contributed by atoms with van der Waals surface area (Å²) in [6, 6.07) is 9.40. The van der Waals surface area contributed by atoms with E-state index < -0.39 is 0 Å². The minimum Gasteiger partial charge on any atom is -0.381 e. The summed E-state index contributed by atoms with van der Waals surface area (Å²) < 4.78 is 5.74. The Labute approximate surface area is 124 Å².